The van der Waals surface area contributed by atoms with Crippen molar-refractivity contribution in [2.45, 2.75) is 45.6 Å². The Labute approximate surface area is 183 Å². The molecule has 3 aromatic carbocycles. The van der Waals surface area contributed by atoms with E-state index in [2.05, 4.69) is 42.7 Å². The number of benzene rings is 3. The van der Waals surface area contributed by atoms with E-state index in [0.29, 0.717) is 23.9 Å². The molecule has 0 amide bonds. The lowest BCUT2D eigenvalue weighted by atomic mass is 9.99. The number of ether oxygens (including phenoxy) is 1. The molecule has 0 aliphatic rings. The highest BCUT2D eigenvalue weighted by molar-refractivity contribution is 5.80. The van der Waals surface area contributed by atoms with Crippen LogP contribution in [0.2, 0.25) is 0 Å². The van der Waals surface area contributed by atoms with Crippen molar-refractivity contribution in [2.75, 3.05) is 6.61 Å². The smallest absolute Gasteiger partial charge is 0.144 e. The molecule has 4 aromatic rings. The number of rotatable bonds is 9. The van der Waals surface area contributed by atoms with E-state index in [1.54, 1.807) is 12.1 Å². The summed E-state index contributed by atoms with van der Waals surface area (Å²) < 4.78 is 22.5. The van der Waals surface area contributed by atoms with E-state index < -0.39 is 0 Å². The number of para-hydroxylation sites is 2. The van der Waals surface area contributed by atoms with Gasteiger partial charge in [-0.15, -0.1) is 0 Å². The van der Waals surface area contributed by atoms with Crippen LogP contribution in [-0.2, 0) is 6.54 Å². The summed E-state index contributed by atoms with van der Waals surface area (Å²) >= 11 is 0. The molecule has 0 saturated carbocycles. The monoisotopic (exact) mass is 416 g/mol. The minimum atomic E-state index is -0.247. The van der Waals surface area contributed by atoms with Crippen LogP contribution in [0.25, 0.3) is 22.4 Å². The molecule has 0 saturated heterocycles. The molecule has 0 spiro atoms. The van der Waals surface area contributed by atoms with Gasteiger partial charge >= 0.3 is 0 Å². The summed E-state index contributed by atoms with van der Waals surface area (Å²) in [5.41, 5.74) is 3.81. The lowest BCUT2D eigenvalue weighted by Gasteiger charge is -2.12. The van der Waals surface area contributed by atoms with Gasteiger partial charge in [0.1, 0.15) is 17.4 Å². The Bertz CT molecular complexity index is 1130. The molecule has 0 bridgehead atoms. The fourth-order valence-corrected chi connectivity index (χ4v) is 3.84. The fraction of sp³-hybridized carbons (Fsp3) is 0.296. The van der Waals surface area contributed by atoms with Crippen molar-refractivity contribution in [3.63, 3.8) is 0 Å². The van der Waals surface area contributed by atoms with E-state index >= 15 is 0 Å². The number of aryl methyl sites for hydroxylation is 1. The van der Waals surface area contributed by atoms with Crippen molar-refractivity contribution in [3.05, 3.63) is 84.2 Å². The van der Waals surface area contributed by atoms with E-state index in [4.69, 9.17) is 9.72 Å². The van der Waals surface area contributed by atoms with Crippen LogP contribution in [0.3, 0.4) is 0 Å². The molecule has 0 radical (unpaired) electrons. The van der Waals surface area contributed by atoms with Gasteiger partial charge in [-0.1, -0.05) is 50.2 Å². The second-order valence-electron chi connectivity index (χ2n) is 7.99. The van der Waals surface area contributed by atoms with Gasteiger partial charge in [-0.3, -0.25) is 0 Å². The van der Waals surface area contributed by atoms with Gasteiger partial charge in [0.15, 0.2) is 0 Å². The maximum atomic E-state index is 14.4. The van der Waals surface area contributed by atoms with E-state index in [9.17, 15) is 4.39 Å². The topological polar surface area (TPSA) is 27.1 Å². The molecular formula is C27H29FN2O. The van der Waals surface area contributed by atoms with Crippen LogP contribution in [0.4, 0.5) is 4.39 Å². The summed E-state index contributed by atoms with van der Waals surface area (Å²) in [6.45, 7) is 5.87. The van der Waals surface area contributed by atoms with Gasteiger partial charge in [0.25, 0.3) is 0 Å². The molecule has 0 N–H and O–H groups in total. The molecular weight excluding hydrogens is 387 g/mol. The first-order valence-electron chi connectivity index (χ1n) is 11.1. The maximum absolute atomic E-state index is 14.4. The Morgan fingerprint density at radius 2 is 1.68 bits per heavy atom. The third-order valence-corrected chi connectivity index (χ3v) is 5.88. The summed E-state index contributed by atoms with van der Waals surface area (Å²) in [4.78, 5) is 4.71. The number of nitrogens with zero attached hydrogens (tertiary/aromatic N) is 2. The van der Waals surface area contributed by atoms with Crippen LogP contribution in [0.5, 0.6) is 5.75 Å². The average molecular weight is 417 g/mol. The van der Waals surface area contributed by atoms with E-state index in [-0.39, 0.29) is 5.82 Å². The highest BCUT2D eigenvalue weighted by Gasteiger charge is 2.15. The maximum Gasteiger partial charge on any atom is 0.144 e. The number of halogens is 1. The molecule has 3 nitrogen and oxygen atoms in total. The van der Waals surface area contributed by atoms with Crippen LogP contribution in [0.1, 0.15) is 44.6 Å². The lowest BCUT2D eigenvalue weighted by molar-refractivity contribution is 0.303. The predicted molar refractivity (Wildman–Crippen MR) is 125 cm³/mol. The quantitative estimate of drug-likeness (QED) is 0.269. The standard InChI is InChI=1S/C27H29FN2O/c1-3-20(2)21-14-16-22(17-15-21)31-19-9-8-18-30-26-13-7-6-12-25(26)29-27(30)23-10-4-5-11-24(23)28/h4-7,10-17,20H,3,8-9,18-19H2,1-2H3. The molecule has 160 valence electrons. The molecule has 4 heteroatoms. The normalized spacial score (nSPS) is 12.2. The fourth-order valence-electron chi connectivity index (χ4n) is 3.84. The number of aromatic nitrogens is 2. The first-order chi connectivity index (χ1) is 15.2. The van der Waals surface area contributed by atoms with Gasteiger partial charge in [0.05, 0.1) is 23.2 Å². The van der Waals surface area contributed by atoms with Gasteiger partial charge in [0.2, 0.25) is 0 Å². The van der Waals surface area contributed by atoms with Gasteiger partial charge in [-0.25, -0.2) is 9.37 Å². The minimum Gasteiger partial charge on any atom is -0.494 e. The zero-order valence-corrected chi connectivity index (χ0v) is 18.2. The van der Waals surface area contributed by atoms with Crippen LogP contribution in [-0.4, -0.2) is 16.2 Å². The Hall–Kier alpha value is -3.14. The number of unbranched alkanes of at least 4 members (excludes halogenated alkanes) is 1. The Morgan fingerprint density at radius 3 is 2.45 bits per heavy atom. The van der Waals surface area contributed by atoms with Crippen LogP contribution >= 0.6 is 0 Å². The van der Waals surface area contributed by atoms with Crippen molar-refractivity contribution in [3.8, 4) is 17.1 Å². The number of hydrogen-bond acceptors (Lipinski definition) is 2. The molecule has 31 heavy (non-hydrogen) atoms. The molecule has 4 rings (SSSR count). The lowest BCUT2D eigenvalue weighted by Crippen LogP contribution is -2.04. The van der Waals surface area contributed by atoms with E-state index in [1.807, 2.05) is 30.3 Å². The summed E-state index contributed by atoms with van der Waals surface area (Å²) in [5.74, 6) is 1.92. The Kier molecular flexibility index (Phi) is 6.66. The summed E-state index contributed by atoms with van der Waals surface area (Å²) in [5, 5.41) is 0. The molecule has 1 atom stereocenters. The molecule has 0 aliphatic heterocycles. The van der Waals surface area contributed by atoms with E-state index in [0.717, 1.165) is 42.6 Å². The second kappa shape index (κ2) is 9.78. The Balaban J connectivity index is 1.40. The predicted octanol–water partition coefficient (Wildman–Crippen LogP) is 7.22. The zero-order valence-electron chi connectivity index (χ0n) is 18.2. The first kappa shape index (κ1) is 21.1. The van der Waals surface area contributed by atoms with Crippen molar-refractivity contribution in [1.82, 2.24) is 9.55 Å². The summed E-state index contributed by atoms with van der Waals surface area (Å²) in [7, 11) is 0. The summed E-state index contributed by atoms with van der Waals surface area (Å²) in [6, 6.07) is 23.2. The van der Waals surface area contributed by atoms with Crippen LogP contribution in [0.15, 0.2) is 72.8 Å². The summed E-state index contributed by atoms with van der Waals surface area (Å²) in [6.07, 6.45) is 2.97. The highest BCUT2D eigenvalue weighted by Crippen LogP contribution is 2.27. The van der Waals surface area contributed by atoms with Gasteiger partial charge in [0, 0.05) is 6.54 Å². The molecule has 1 aromatic heterocycles. The molecule has 1 unspecified atom stereocenters. The number of fused-ring (bicyclic) bond motifs is 1. The van der Waals surface area contributed by atoms with E-state index in [1.165, 1.54) is 11.6 Å². The van der Waals surface area contributed by atoms with Crippen LogP contribution in [0, 0.1) is 5.82 Å². The average Bonchev–Trinajstić information content (AvgIpc) is 3.17. The first-order valence-corrected chi connectivity index (χ1v) is 11.1. The second-order valence-corrected chi connectivity index (χ2v) is 7.99. The van der Waals surface area contributed by atoms with Crippen molar-refractivity contribution < 1.29 is 9.13 Å². The van der Waals surface area contributed by atoms with Crippen LogP contribution < -0.4 is 4.74 Å². The van der Waals surface area contributed by atoms with Crippen molar-refractivity contribution in [1.29, 1.82) is 0 Å². The molecule has 1 heterocycles. The Morgan fingerprint density at radius 1 is 0.935 bits per heavy atom. The largest absolute Gasteiger partial charge is 0.494 e. The molecule has 0 fully saturated rings. The number of imidazole rings is 1. The van der Waals surface area contributed by atoms with Gasteiger partial charge in [-0.2, -0.15) is 0 Å². The third-order valence-electron chi connectivity index (χ3n) is 5.88. The van der Waals surface area contributed by atoms with Crippen molar-refractivity contribution in [2.24, 2.45) is 0 Å². The van der Waals surface area contributed by atoms with Gasteiger partial charge < -0.3 is 9.30 Å². The minimum absolute atomic E-state index is 0.247. The highest BCUT2D eigenvalue weighted by atomic mass is 19.1. The van der Waals surface area contributed by atoms with Gasteiger partial charge in [-0.05, 0) is 67.1 Å². The molecule has 0 aliphatic carbocycles. The van der Waals surface area contributed by atoms with Crippen molar-refractivity contribution >= 4 is 11.0 Å². The SMILES string of the molecule is CCC(C)c1ccc(OCCCCn2c(-c3ccccc3F)nc3ccccc32)cc1. The number of hydrogen-bond donors (Lipinski definition) is 0. The third kappa shape index (κ3) is 4.79. The zero-order chi connectivity index (χ0) is 21.6.